The van der Waals surface area contributed by atoms with E-state index in [0.29, 0.717) is 5.75 Å². The summed E-state index contributed by atoms with van der Waals surface area (Å²) in [5.74, 6) is 0.304. The molecule has 4 heteroatoms. The van der Waals surface area contributed by atoms with Crippen LogP contribution in [0.15, 0.2) is 0 Å². The van der Waals surface area contributed by atoms with E-state index >= 15 is 0 Å². The second-order valence-electron chi connectivity index (χ2n) is 5.92. The molecule has 3 nitrogen and oxygen atoms in total. The molecular weight excluding hydrogens is 270 g/mol. The SMILES string of the molecule is CCCCCCCCCCCCNCCCS(C)(=O)=O. The Balaban J connectivity index is 3.03. The minimum Gasteiger partial charge on any atom is -0.317 e. The monoisotopic (exact) mass is 305 g/mol. The lowest BCUT2D eigenvalue weighted by Crippen LogP contribution is -2.19. The molecule has 0 rings (SSSR count). The van der Waals surface area contributed by atoms with Crippen LogP contribution in [0.25, 0.3) is 0 Å². The molecular formula is C16H35NO2S. The van der Waals surface area contributed by atoms with E-state index in [9.17, 15) is 8.42 Å². The Bertz CT molecular complexity index is 289. The Morgan fingerprint density at radius 3 is 1.65 bits per heavy atom. The number of hydrogen-bond acceptors (Lipinski definition) is 3. The Hall–Kier alpha value is -0.0900. The first kappa shape index (κ1) is 19.9. The molecule has 0 aromatic rings. The normalized spacial score (nSPS) is 11.9. The molecule has 1 N–H and O–H groups in total. The number of rotatable bonds is 15. The molecule has 0 aliphatic rings. The Morgan fingerprint density at radius 1 is 0.700 bits per heavy atom. The molecule has 0 aromatic heterocycles. The molecule has 0 radical (unpaired) electrons. The van der Waals surface area contributed by atoms with Crippen molar-refractivity contribution in [3.05, 3.63) is 0 Å². The predicted molar refractivity (Wildman–Crippen MR) is 89.0 cm³/mol. The fraction of sp³-hybridized carbons (Fsp3) is 1.00. The van der Waals surface area contributed by atoms with Crippen LogP contribution < -0.4 is 5.32 Å². The van der Waals surface area contributed by atoms with Crippen molar-refractivity contribution in [2.75, 3.05) is 25.1 Å². The first-order valence-electron chi connectivity index (χ1n) is 8.44. The second kappa shape index (κ2) is 13.9. The zero-order chi connectivity index (χ0) is 15.1. The van der Waals surface area contributed by atoms with Crippen LogP contribution in [-0.4, -0.2) is 33.5 Å². The van der Waals surface area contributed by atoms with Gasteiger partial charge in [-0.25, -0.2) is 8.42 Å². The highest BCUT2D eigenvalue weighted by molar-refractivity contribution is 7.90. The van der Waals surface area contributed by atoms with Gasteiger partial charge in [0, 0.05) is 6.26 Å². The fourth-order valence-electron chi connectivity index (χ4n) is 2.32. The quantitative estimate of drug-likeness (QED) is 0.466. The zero-order valence-corrected chi connectivity index (χ0v) is 14.4. The van der Waals surface area contributed by atoms with E-state index in [1.54, 1.807) is 0 Å². The summed E-state index contributed by atoms with van der Waals surface area (Å²) < 4.78 is 21.8. The molecule has 0 aromatic carbocycles. The summed E-state index contributed by atoms with van der Waals surface area (Å²) in [6.45, 7) is 4.11. The van der Waals surface area contributed by atoms with Crippen LogP contribution >= 0.6 is 0 Å². The van der Waals surface area contributed by atoms with Crippen LogP contribution in [0.2, 0.25) is 0 Å². The van der Waals surface area contributed by atoms with Crippen molar-refractivity contribution in [3.8, 4) is 0 Å². The van der Waals surface area contributed by atoms with Crippen molar-refractivity contribution in [1.29, 1.82) is 0 Å². The van der Waals surface area contributed by atoms with Gasteiger partial charge >= 0.3 is 0 Å². The third kappa shape index (κ3) is 17.9. The largest absolute Gasteiger partial charge is 0.317 e. The van der Waals surface area contributed by atoms with E-state index in [2.05, 4.69) is 12.2 Å². The molecule has 0 atom stereocenters. The van der Waals surface area contributed by atoms with Gasteiger partial charge in [-0.1, -0.05) is 64.7 Å². The highest BCUT2D eigenvalue weighted by Gasteiger charge is 2.00. The van der Waals surface area contributed by atoms with E-state index in [1.165, 1.54) is 70.5 Å². The van der Waals surface area contributed by atoms with Gasteiger partial charge in [0.1, 0.15) is 9.84 Å². The maximum atomic E-state index is 10.9. The topological polar surface area (TPSA) is 46.2 Å². The summed E-state index contributed by atoms with van der Waals surface area (Å²) in [5, 5.41) is 3.32. The first-order valence-corrected chi connectivity index (χ1v) is 10.5. The van der Waals surface area contributed by atoms with Gasteiger partial charge < -0.3 is 5.32 Å². The standard InChI is InChI=1S/C16H35NO2S/c1-3-4-5-6-7-8-9-10-11-12-14-17-15-13-16-20(2,18)19/h17H,3-16H2,1-2H3. The van der Waals surface area contributed by atoms with E-state index in [-0.39, 0.29) is 0 Å². The third-order valence-electron chi connectivity index (χ3n) is 3.58. The summed E-state index contributed by atoms with van der Waals surface area (Å²) in [6, 6.07) is 0. The van der Waals surface area contributed by atoms with Gasteiger partial charge in [-0.15, -0.1) is 0 Å². The van der Waals surface area contributed by atoms with E-state index in [4.69, 9.17) is 0 Å². The smallest absolute Gasteiger partial charge is 0.147 e. The van der Waals surface area contributed by atoms with Crippen LogP contribution in [0.3, 0.4) is 0 Å². The molecule has 0 saturated carbocycles. The number of hydrogen-bond donors (Lipinski definition) is 1. The highest BCUT2D eigenvalue weighted by Crippen LogP contribution is 2.10. The lowest BCUT2D eigenvalue weighted by molar-refractivity contribution is 0.542. The second-order valence-corrected chi connectivity index (χ2v) is 8.18. The first-order chi connectivity index (χ1) is 9.56. The highest BCUT2D eigenvalue weighted by atomic mass is 32.2. The molecule has 0 aliphatic carbocycles. The van der Waals surface area contributed by atoms with Gasteiger partial charge in [-0.2, -0.15) is 0 Å². The fourth-order valence-corrected chi connectivity index (χ4v) is 2.99. The van der Waals surface area contributed by atoms with Gasteiger partial charge in [-0.3, -0.25) is 0 Å². The van der Waals surface area contributed by atoms with Crippen LogP contribution in [0.4, 0.5) is 0 Å². The number of unbranched alkanes of at least 4 members (excludes halogenated alkanes) is 9. The van der Waals surface area contributed by atoms with Crippen molar-refractivity contribution in [3.63, 3.8) is 0 Å². The molecule has 0 fully saturated rings. The molecule has 0 bridgehead atoms. The van der Waals surface area contributed by atoms with Crippen molar-refractivity contribution in [1.82, 2.24) is 5.32 Å². The van der Waals surface area contributed by atoms with Crippen LogP contribution in [0, 0.1) is 0 Å². The van der Waals surface area contributed by atoms with Gasteiger partial charge in [-0.05, 0) is 25.9 Å². The molecule has 0 unspecified atom stereocenters. The molecule has 0 aliphatic heterocycles. The lowest BCUT2D eigenvalue weighted by Gasteiger charge is -2.04. The number of nitrogens with one attached hydrogen (secondary N) is 1. The van der Waals surface area contributed by atoms with E-state index < -0.39 is 9.84 Å². The van der Waals surface area contributed by atoms with Gasteiger partial charge in [0.15, 0.2) is 0 Å². The lowest BCUT2D eigenvalue weighted by atomic mass is 10.1. The van der Waals surface area contributed by atoms with Crippen molar-refractivity contribution in [2.24, 2.45) is 0 Å². The van der Waals surface area contributed by atoms with Gasteiger partial charge in [0.25, 0.3) is 0 Å². The van der Waals surface area contributed by atoms with E-state index in [1.807, 2.05) is 0 Å². The molecule has 122 valence electrons. The average Bonchev–Trinajstić information content (AvgIpc) is 2.38. The molecule has 0 heterocycles. The molecule has 20 heavy (non-hydrogen) atoms. The van der Waals surface area contributed by atoms with Crippen molar-refractivity contribution >= 4 is 9.84 Å². The van der Waals surface area contributed by atoms with Crippen LogP contribution in [0.1, 0.15) is 77.6 Å². The number of sulfone groups is 1. The summed E-state index contributed by atoms with van der Waals surface area (Å²) in [4.78, 5) is 0. The van der Waals surface area contributed by atoms with E-state index in [0.717, 1.165) is 19.5 Å². The summed E-state index contributed by atoms with van der Waals surface area (Å²) in [7, 11) is -2.78. The molecule has 0 spiro atoms. The Labute approximate surface area is 126 Å². The molecule has 0 saturated heterocycles. The minimum absolute atomic E-state index is 0.304. The third-order valence-corrected chi connectivity index (χ3v) is 4.61. The molecule has 0 amide bonds. The summed E-state index contributed by atoms with van der Waals surface area (Å²) >= 11 is 0. The Kier molecular flexibility index (Phi) is 13.8. The van der Waals surface area contributed by atoms with Gasteiger partial charge in [0.05, 0.1) is 5.75 Å². The predicted octanol–water partition coefficient (Wildman–Crippen LogP) is 3.93. The van der Waals surface area contributed by atoms with Crippen molar-refractivity contribution in [2.45, 2.75) is 77.6 Å². The van der Waals surface area contributed by atoms with Gasteiger partial charge in [0.2, 0.25) is 0 Å². The zero-order valence-electron chi connectivity index (χ0n) is 13.6. The maximum Gasteiger partial charge on any atom is 0.147 e. The Morgan fingerprint density at radius 2 is 1.15 bits per heavy atom. The minimum atomic E-state index is -2.78. The van der Waals surface area contributed by atoms with Crippen LogP contribution in [0.5, 0.6) is 0 Å². The summed E-state index contributed by atoms with van der Waals surface area (Å²) in [6.07, 6.45) is 15.6. The van der Waals surface area contributed by atoms with Crippen LogP contribution in [-0.2, 0) is 9.84 Å². The average molecular weight is 306 g/mol. The maximum absolute atomic E-state index is 10.9. The summed E-state index contributed by atoms with van der Waals surface area (Å²) in [5.41, 5.74) is 0. The van der Waals surface area contributed by atoms with Crippen molar-refractivity contribution < 1.29 is 8.42 Å².